The first kappa shape index (κ1) is 15.0. The van der Waals surface area contributed by atoms with Crippen LogP contribution in [0.2, 0.25) is 0 Å². The molecule has 120 valence electrons. The van der Waals surface area contributed by atoms with Crippen molar-refractivity contribution >= 4 is 11.7 Å². The first-order valence-electron chi connectivity index (χ1n) is 7.01. The summed E-state index contributed by atoms with van der Waals surface area (Å²) in [6.07, 6.45) is -4.47. The Hall–Kier alpha value is -1.90. The molecule has 0 aromatic carbocycles. The van der Waals surface area contributed by atoms with E-state index in [1.165, 1.54) is 6.92 Å². The van der Waals surface area contributed by atoms with Crippen molar-refractivity contribution in [1.29, 1.82) is 0 Å². The molecule has 9 heteroatoms. The van der Waals surface area contributed by atoms with E-state index in [1.54, 1.807) is 4.90 Å². The average molecular weight is 315 g/mol. The molecule has 2 aliphatic rings. The molecule has 0 saturated carbocycles. The second-order valence-electron chi connectivity index (χ2n) is 5.54. The molecule has 6 nitrogen and oxygen atoms in total. The number of carbonyl (C=O) groups excluding carboxylic acids is 1. The van der Waals surface area contributed by atoms with Crippen molar-refractivity contribution in [2.75, 3.05) is 37.6 Å². The van der Waals surface area contributed by atoms with Crippen molar-refractivity contribution in [1.82, 2.24) is 20.2 Å². The van der Waals surface area contributed by atoms with Gasteiger partial charge in [-0.05, 0) is 6.92 Å². The van der Waals surface area contributed by atoms with E-state index in [0.717, 1.165) is 12.6 Å². The van der Waals surface area contributed by atoms with Crippen LogP contribution in [-0.2, 0) is 11.0 Å². The molecule has 2 saturated heterocycles. The standard InChI is InChI=1S/C13H16F3N5O/c1-8-18-10(13(14,15)16)4-11(19-8)21-5-9(6-21)20-3-2-17-12(22)7-20/h4,9H,2-3,5-7H2,1H3,(H,17,22). The number of nitrogens with one attached hydrogen (secondary N) is 1. The van der Waals surface area contributed by atoms with Gasteiger partial charge in [0.1, 0.15) is 17.3 Å². The second-order valence-corrected chi connectivity index (χ2v) is 5.54. The summed E-state index contributed by atoms with van der Waals surface area (Å²) < 4.78 is 38.3. The average Bonchev–Trinajstić information content (AvgIpc) is 2.35. The maximum absolute atomic E-state index is 12.8. The zero-order chi connectivity index (χ0) is 15.9. The maximum atomic E-state index is 12.8. The van der Waals surface area contributed by atoms with E-state index >= 15 is 0 Å². The van der Waals surface area contributed by atoms with Gasteiger partial charge >= 0.3 is 6.18 Å². The minimum atomic E-state index is -4.47. The van der Waals surface area contributed by atoms with Crippen LogP contribution in [0.1, 0.15) is 11.5 Å². The summed E-state index contributed by atoms with van der Waals surface area (Å²) in [5.41, 5.74) is -0.921. The van der Waals surface area contributed by atoms with Gasteiger partial charge in [0.05, 0.1) is 6.54 Å². The summed E-state index contributed by atoms with van der Waals surface area (Å²) in [5, 5.41) is 2.75. The molecular formula is C13H16F3N5O. The van der Waals surface area contributed by atoms with Gasteiger partial charge in [-0.3, -0.25) is 9.69 Å². The number of amides is 1. The fourth-order valence-electron chi connectivity index (χ4n) is 2.70. The van der Waals surface area contributed by atoms with Gasteiger partial charge in [-0.15, -0.1) is 0 Å². The molecule has 1 aromatic rings. The Kier molecular flexibility index (Phi) is 3.67. The monoisotopic (exact) mass is 315 g/mol. The second kappa shape index (κ2) is 5.38. The van der Waals surface area contributed by atoms with E-state index in [1.807, 2.05) is 4.90 Å². The normalized spacial score (nSPS) is 20.7. The summed E-state index contributed by atoms with van der Waals surface area (Å²) in [7, 11) is 0. The van der Waals surface area contributed by atoms with E-state index in [0.29, 0.717) is 26.2 Å². The molecule has 0 atom stereocenters. The van der Waals surface area contributed by atoms with Crippen molar-refractivity contribution < 1.29 is 18.0 Å². The number of halogens is 3. The smallest absolute Gasteiger partial charge is 0.354 e. The van der Waals surface area contributed by atoms with Gasteiger partial charge in [-0.2, -0.15) is 13.2 Å². The summed E-state index contributed by atoms with van der Waals surface area (Å²) in [4.78, 5) is 22.7. The van der Waals surface area contributed by atoms with Crippen LogP contribution in [0.25, 0.3) is 0 Å². The minimum Gasteiger partial charge on any atom is -0.354 e. The SMILES string of the molecule is Cc1nc(N2CC(N3CCNC(=O)C3)C2)cc(C(F)(F)F)n1. The van der Waals surface area contributed by atoms with Crippen LogP contribution in [0.3, 0.4) is 0 Å². The first-order valence-corrected chi connectivity index (χ1v) is 7.01. The molecule has 2 aliphatic heterocycles. The van der Waals surface area contributed by atoms with Crippen LogP contribution in [0, 0.1) is 6.92 Å². The molecule has 1 amide bonds. The van der Waals surface area contributed by atoms with Crippen molar-refractivity contribution in [3.8, 4) is 0 Å². The van der Waals surface area contributed by atoms with Gasteiger partial charge in [0.15, 0.2) is 0 Å². The van der Waals surface area contributed by atoms with Crippen molar-refractivity contribution in [3.05, 3.63) is 17.6 Å². The van der Waals surface area contributed by atoms with Crippen LogP contribution >= 0.6 is 0 Å². The van der Waals surface area contributed by atoms with Crippen LogP contribution in [0.15, 0.2) is 6.07 Å². The van der Waals surface area contributed by atoms with E-state index in [4.69, 9.17) is 0 Å². The van der Waals surface area contributed by atoms with Gasteiger partial charge < -0.3 is 10.2 Å². The number of aryl methyl sites for hydroxylation is 1. The molecular weight excluding hydrogens is 299 g/mol. The maximum Gasteiger partial charge on any atom is 0.433 e. The number of aromatic nitrogens is 2. The lowest BCUT2D eigenvalue weighted by Crippen LogP contribution is -2.64. The third kappa shape index (κ3) is 2.99. The van der Waals surface area contributed by atoms with Crippen molar-refractivity contribution in [2.45, 2.75) is 19.1 Å². The zero-order valence-corrected chi connectivity index (χ0v) is 12.0. The van der Waals surface area contributed by atoms with Crippen LogP contribution in [0.4, 0.5) is 19.0 Å². The molecule has 0 aliphatic carbocycles. The van der Waals surface area contributed by atoms with E-state index < -0.39 is 11.9 Å². The van der Waals surface area contributed by atoms with Crippen LogP contribution < -0.4 is 10.2 Å². The Bertz CT molecular complexity index is 586. The van der Waals surface area contributed by atoms with Gasteiger partial charge in [0.25, 0.3) is 0 Å². The topological polar surface area (TPSA) is 61.4 Å². The highest BCUT2D eigenvalue weighted by Crippen LogP contribution is 2.31. The molecule has 3 rings (SSSR count). The quantitative estimate of drug-likeness (QED) is 0.857. The Morgan fingerprint density at radius 1 is 1.32 bits per heavy atom. The third-order valence-corrected chi connectivity index (χ3v) is 3.89. The molecule has 22 heavy (non-hydrogen) atoms. The van der Waals surface area contributed by atoms with Gasteiger partial charge in [-0.25, -0.2) is 9.97 Å². The molecule has 2 fully saturated rings. The van der Waals surface area contributed by atoms with Gasteiger partial charge in [0, 0.05) is 38.3 Å². The molecule has 1 N–H and O–H groups in total. The lowest BCUT2D eigenvalue weighted by molar-refractivity contribution is -0.141. The van der Waals surface area contributed by atoms with Crippen LogP contribution in [0.5, 0.6) is 0 Å². The number of alkyl halides is 3. The lowest BCUT2D eigenvalue weighted by Gasteiger charge is -2.47. The van der Waals surface area contributed by atoms with Crippen molar-refractivity contribution in [2.24, 2.45) is 0 Å². The van der Waals surface area contributed by atoms with E-state index in [-0.39, 0.29) is 23.6 Å². The molecule has 0 bridgehead atoms. The van der Waals surface area contributed by atoms with Gasteiger partial charge in [-0.1, -0.05) is 0 Å². The molecule has 0 spiro atoms. The number of carbonyl (C=O) groups is 1. The van der Waals surface area contributed by atoms with E-state index in [9.17, 15) is 18.0 Å². The largest absolute Gasteiger partial charge is 0.433 e. The Morgan fingerprint density at radius 2 is 2.05 bits per heavy atom. The highest BCUT2D eigenvalue weighted by molar-refractivity contribution is 5.78. The Balaban J connectivity index is 1.67. The Morgan fingerprint density at radius 3 is 2.68 bits per heavy atom. The molecule has 3 heterocycles. The number of piperazine rings is 1. The number of anilines is 1. The third-order valence-electron chi connectivity index (χ3n) is 3.89. The highest BCUT2D eigenvalue weighted by atomic mass is 19.4. The van der Waals surface area contributed by atoms with Crippen molar-refractivity contribution in [3.63, 3.8) is 0 Å². The Labute approximate surface area is 125 Å². The van der Waals surface area contributed by atoms with E-state index in [2.05, 4.69) is 15.3 Å². The lowest BCUT2D eigenvalue weighted by atomic mass is 10.1. The minimum absolute atomic E-state index is 0.0121. The summed E-state index contributed by atoms with van der Waals surface area (Å²) >= 11 is 0. The zero-order valence-electron chi connectivity index (χ0n) is 12.0. The predicted molar refractivity (Wildman–Crippen MR) is 72.4 cm³/mol. The fraction of sp³-hybridized carbons (Fsp3) is 0.615. The number of hydrogen-bond acceptors (Lipinski definition) is 5. The number of hydrogen-bond donors (Lipinski definition) is 1. The molecule has 1 aromatic heterocycles. The molecule has 0 radical (unpaired) electrons. The summed E-state index contributed by atoms with van der Waals surface area (Å²) in [6.45, 7) is 4.31. The van der Waals surface area contributed by atoms with Gasteiger partial charge in [0.2, 0.25) is 5.91 Å². The number of nitrogens with zero attached hydrogens (tertiary/aromatic N) is 4. The summed E-state index contributed by atoms with van der Waals surface area (Å²) in [6, 6.07) is 1.15. The predicted octanol–water partition coefficient (Wildman–Crippen LogP) is 0.424. The summed E-state index contributed by atoms with van der Waals surface area (Å²) in [5.74, 6) is 0.380. The highest BCUT2D eigenvalue weighted by Gasteiger charge is 2.37. The fourth-order valence-corrected chi connectivity index (χ4v) is 2.70. The number of rotatable bonds is 2. The first-order chi connectivity index (χ1) is 10.3. The van der Waals surface area contributed by atoms with Crippen LogP contribution in [-0.4, -0.2) is 59.5 Å². The molecule has 0 unspecified atom stereocenters.